The summed E-state index contributed by atoms with van der Waals surface area (Å²) in [6.07, 6.45) is 11.8. The summed E-state index contributed by atoms with van der Waals surface area (Å²) in [5, 5.41) is 8.98. The van der Waals surface area contributed by atoms with Crippen LogP contribution in [0.15, 0.2) is 24.3 Å². The van der Waals surface area contributed by atoms with Crippen LogP contribution in [0.3, 0.4) is 0 Å². The molecule has 3 nitrogen and oxygen atoms in total. The highest BCUT2D eigenvalue weighted by Crippen LogP contribution is 2.19. The highest BCUT2D eigenvalue weighted by Gasteiger charge is 2.12. The van der Waals surface area contributed by atoms with Crippen molar-refractivity contribution in [3.8, 4) is 5.75 Å². The molecule has 1 rings (SSSR count). The SMILES string of the molecule is CCCCCCCCCCCOc1ccc(C(C)C(=O)O)cc1. The maximum absolute atomic E-state index is 10.9. The molecule has 0 fully saturated rings. The van der Waals surface area contributed by atoms with E-state index in [1.165, 1.54) is 51.4 Å². The lowest BCUT2D eigenvalue weighted by Gasteiger charge is -2.09. The Balaban J connectivity index is 2.06. The average Bonchev–Trinajstić information content (AvgIpc) is 2.56. The second-order valence-corrected chi connectivity index (χ2v) is 6.31. The second kappa shape index (κ2) is 12.0. The summed E-state index contributed by atoms with van der Waals surface area (Å²) in [7, 11) is 0. The van der Waals surface area contributed by atoms with Crippen LogP contribution in [0.4, 0.5) is 0 Å². The van der Waals surface area contributed by atoms with Gasteiger partial charge in [0.15, 0.2) is 0 Å². The van der Waals surface area contributed by atoms with Crippen molar-refractivity contribution in [1.82, 2.24) is 0 Å². The molecule has 0 aromatic heterocycles. The lowest BCUT2D eigenvalue weighted by molar-refractivity contribution is -0.138. The molecule has 1 aromatic carbocycles. The van der Waals surface area contributed by atoms with Crippen LogP contribution in [-0.4, -0.2) is 17.7 Å². The van der Waals surface area contributed by atoms with Gasteiger partial charge in [0.25, 0.3) is 0 Å². The molecule has 0 aliphatic rings. The summed E-state index contributed by atoms with van der Waals surface area (Å²) in [6, 6.07) is 7.40. The minimum atomic E-state index is -0.798. The molecule has 0 amide bonds. The molecule has 0 saturated heterocycles. The summed E-state index contributed by atoms with van der Waals surface area (Å²) < 4.78 is 5.71. The van der Waals surface area contributed by atoms with Gasteiger partial charge in [-0.1, -0.05) is 70.4 Å². The van der Waals surface area contributed by atoms with Crippen LogP contribution in [-0.2, 0) is 4.79 Å². The smallest absolute Gasteiger partial charge is 0.310 e. The number of ether oxygens (including phenoxy) is 1. The van der Waals surface area contributed by atoms with Gasteiger partial charge in [0, 0.05) is 0 Å². The van der Waals surface area contributed by atoms with Crippen molar-refractivity contribution in [2.75, 3.05) is 6.61 Å². The first kappa shape index (κ1) is 19.5. The summed E-state index contributed by atoms with van der Waals surface area (Å²) in [5.74, 6) is -0.444. The Bertz CT molecular complexity index is 425. The first-order valence-electron chi connectivity index (χ1n) is 9.10. The van der Waals surface area contributed by atoms with Crippen LogP contribution < -0.4 is 4.74 Å². The molecule has 1 aromatic rings. The molecule has 1 N–H and O–H groups in total. The van der Waals surface area contributed by atoms with Crippen molar-refractivity contribution in [2.24, 2.45) is 0 Å². The number of benzene rings is 1. The van der Waals surface area contributed by atoms with E-state index in [1.54, 1.807) is 6.92 Å². The minimum absolute atomic E-state index is 0.471. The number of rotatable bonds is 13. The number of carboxylic acids is 1. The van der Waals surface area contributed by atoms with Crippen molar-refractivity contribution < 1.29 is 14.6 Å². The standard InChI is InChI=1S/C20H32O3/c1-3-4-5-6-7-8-9-10-11-16-23-19-14-12-18(13-15-19)17(2)20(21)22/h12-15,17H,3-11,16H2,1-2H3,(H,21,22). The van der Waals surface area contributed by atoms with E-state index in [2.05, 4.69) is 6.92 Å². The van der Waals surface area contributed by atoms with Crippen LogP contribution in [0.5, 0.6) is 5.75 Å². The fraction of sp³-hybridized carbons (Fsp3) is 0.650. The monoisotopic (exact) mass is 320 g/mol. The predicted octanol–water partition coefficient (Wildman–Crippen LogP) is 5.78. The van der Waals surface area contributed by atoms with Gasteiger partial charge in [-0.15, -0.1) is 0 Å². The molecule has 0 bridgehead atoms. The Morgan fingerprint density at radius 2 is 1.48 bits per heavy atom. The molecule has 0 spiro atoms. The van der Waals surface area contributed by atoms with Gasteiger partial charge in [0.05, 0.1) is 12.5 Å². The molecular formula is C20H32O3. The van der Waals surface area contributed by atoms with Crippen LogP contribution in [0, 0.1) is 0 Å². The van der Waals surface area contributed by atoms with E-state index in [0.29, 0.717) is 0 Å². The van der Waals surface area contributed by atoms with Crippen molar-refractivity contribution in [1.29, 1.82) is 0 Å². The molecular weight excluding hydrogens is 288 g/mol. The molecule has 0 aliphatic heterocycles. The maximum Gasteiger partial charge on any atom is 0.310 e. The number of carboxylic acid groups (broad SMARTS) is 1. The van der Waals surface area contributed by atoms with E-state index in [9.17, 15) is 4.79 Å². The molecule has 0 heterocycles. The van der Waals surface area contributed by atoms with Crippen LogP contribution in [0.2, 0.25) is 0 Å². The first-order valence-corrected chi connectivity index (χ1v) is 9.10. The third kappa shape index (κ3) is 8.63. The molecule has 0 radical (unpaired) electrons. The Morgan fingerprint density at radius 1 is 0.957 bits per heavy atom. The van der Waals surface area contributed by atoms with Crippen molar-refractivity contribution in [3.05, 3.63) is 29.8 Å². The molecule has 1 atom stereocenters. The highest BCUT2D eigenvalue weighted by atomic mass is 16.5. The van der Waals surface area contributed by atoms with E-state index in [1.807, 2.05) is 24.3 Å². The molecule has 3 heteroatoms. The van der Waals surface area contributed by atoms with Gasteiger partial charge >= 0.3 is 5.97 Å². The van der Waals surface area contributed by atoms with Crippen LogP contribution in [0.1, 0.15) is 83.1 Å². The third-order valence-corrected chi connectivity index (χ3v) is 4.27. The number of unbranched alkanes of at least 4 members (excludes halogenated alkanes) is 8. The number of aliphatic carboxylic acids is 1. The van der Waals surface area contributed by atoms with Crippen LogP contribution >= 0.6 is 0 Å². The van der Waals surface area contributed by atoms with Gasteiger partial charge in [-0.25, -0.2) is 0 Å². The zero-order valence-corrected chi connectivity index (χ0v) is 14.7. The number of hydrogen-bond acceptors (Lipinski definition) is 2. The van der Waals surface area contributed by atoms with Crippen molar-refractivity contribution >= 4 is 5.97 Å². The quantitative estimate of drug-likeness (QED) is 0.468. The average molecular weight is 320 g/mol. The highest BCUT2D eigenvalue weighted by molar-refractivity contribution is 5.75. The fourth-order valence-corrected chi connectivity index (χ4v) is 2.60. The topological polar surface area (TPSA) is 46.5 Å². The number of carbonyl (C=O) groups is 1. The largest absolute Gasteiger partial charge is 0.494 e. The van der Waals surface area contributed by atoms with Gasteiger partial charge < -0.3 is 9.84 Å². The third-order valence-electron chi connectivity index (χ3n) is 4.27. The van der Waals surface area contributed by atoms with Crippen molar-refractivity contribution in [2.45, 2.75) is 77.6 Å². The second-order valence-electron chi connectivity index (χ2n) is 6.31. The van der Waals surface area contributed by atoms with Gasteiger partial charge in [-0.2, -0.15) is 0 Å². The summed E-state index contributed by atoms with van der Waals surface area (Å²) in [6.45, 7) is 4.68. The first-order chi connectivity index (χ1) is 11.1. The zero-order valence-electron chi connectivity index (χ0n) is 14.7. The fourth-order valence-electron chi connectivity index (χ4n) is 2.60. The summed E-state index contributed by atoms with van der Waals surface area (Å²) in [5.41, 5.74) is 0.813. The van der Waals surface area contributed by atoms with Gasteiger partial charge in [0.1, 0.15) is 5.75 Å². The minimum Gasteiger partial charge on any atom is -0.494 e. The summed E-state index contributed by atoms with van der Waals surface area (Å²) >= 11 is 0. The Kier molecular flexibility index (Phi) is 10.2. The lowest BCUT2D eigenvalue weighted by Crippen LogP contribution is -2.07. The normalized spacial score (nSPS) is 12.1. The molecule has 0 saturated carbocycles. The maximum atomic E-state index is 10.9. The molecule has 1 unspecified atom stereocenters. The molecule has 0 aliphatic carbocycles. The lowest BCUT2D eigenvalue weighted by atomic mass is 10.0. The number of hydrogen-bond donors (Lipinski definition) is 1. The van der Waals surface area contributed by atoms with Gasteiger partial charge in [-0.05, 0) is 31.0 Å². The van der Waals surface area contributed by atoms with E-state index in [-0.39, 0.29) is 0 Å². The van der Waals surface area contributed by atoms with E-state index in [0.717, 1.165) is 24.3 Å². The van der Waals surface area contributed by atoms with E-state index >= 15 is 0 Å². The molecule has 130 valence electrons. The Hall–Kier alpha value is -1.51. The molecule has 23 heavy (non-hydrogen) atoms. The zero-order chi connectivity index (χ0) is 16.9. The van der Waals surface area contributed by atoms with Crippen molar-refractivity contribution in [3.63, 3.8) is 0 Å². The Labute approximate surface area is 141 Å². The Morgan fingerprint density at radius 3 is 2.00 bits per heavy atom. The van der Waals surface area contributed by atoms with Gasteiger partial charge in [0.2, 0.25) is 0 Å². The van der Waals surface area contributed by atoms with Gasteiger partial charge in [-0.3, -0.25) is 4.79 Å². The van der Waals surface area contributed by atoms with E-state index in [4.69, 9.17) is 9.84 Å². The predicted molar refractivity (Wildman–Crippen MR) is 95.2 cm³/mol. The summed E-state index contributed by atoms with van der Waals surface area (Å²) in [4.78, 5) is 10.9. The van der Waals surface area contributed by atoms with E-state index < -0.39 is 11.9 Å². The van der Waals surface area contributed by atoms with Crippen LogP contribution in [0.25, 0.3) is 0 Å².